The number of anilines is 2. The summed E-state index contributed by atoms with van der Waals surface area (Å²) in [7, 11) is 0. The predicted molar refractivity (Wildman–Crippen MR) is 72.7 cm³/mol. The van der Waals surface area contributed by atoms with Crippen molar-refractivity contribution in [2.24, 2.45) is 0 Å². The van der Waals surface area contributed by atoms with E-state index in [1.54, 1.807) is 0 Å². The number of piperidine rings is 1. The molecule has 3 heteroatoms. The molecule has 0 atom stereocenters. The highest BCUT2D eigenvalue weighted by Crippen LogP contribution is 2.28. The number of nitrogens with zero attached hydrogens (tertiary/aromatic N) is 1. The molecule has 17 heavy (non-hydrogen) atoms. The molecule has 0 spiro atoms. The van der Waals surface area contributed by atoms with Crippen LogP contribution in [0.1, 0.15) is 26.7 Å². The van der Waals surface area contributed by atoms with E-state index in [9.17, 15) is 5.11 Å². The third kappa shape index (κ3) is 3.13. The first-order chi connectivity index (χ1) is 8.16. The number of benzene rings is 1. The van der Waals surface area contributed by atoms with Crippen LogP contribution < -0.4 is 10.2 Å². The number of para-hydroxylation sites is 2. The van der Waals surface area contributed by atoms with Crippen LogP contribution in [0, 0.1) is 0 Å². The van der Waals surface area contributed by atoms with Gasteiger partial charge < -0.3 is 15.3 Å². The molecular weight excluding hydrogens is 212 g/mol. The summed E-state index contributed by atoms with van der Waals surface area (Å²) in [6.07, 6.45) is 1.63. The summed E-state index contributed by atoms with van der Waals surface area (Å²) in [6, 6.07) is 8.85. The van der Waals surface area contributed by atoms with Crippen molar-refractivity contribution in [3.63, 3.8) is 0 Å². The van der Waals surface area contributed by atoms with Crippen molar-refractivity contribution in [3.05, 3.63) is 24.3 Å². The summed E-state index contributed by atoms with van der Waals surface area (Å²) in [5.41, 5.74) is 2.45. The monoisotopic (exact) mass is 234 g/mol. The second kappa shape index (κ2) is 5.41. The second-order valence-corrected chi connectivity index (χ2v) is 5.03. The minimum Gasteiger partial charge on any atom is -0.393 e. The van der Waals surface area contributed by atoms with Gasteiger partial charge in [0.25, 0.3) is 0 Å². The molecule has 94 valence electrons. The van der Waals surface area contributed by atoms with E-state index in [0.29, 0.717) is 6.04 Å². The highest BCUT2D eigenvalue weighted by atomic mass is 16.3. The SMILES string of the molecule is CC(C)Nc1ccccc1N1CCC(O)CC1. The van der Waals surface area contributed by atoms with E-state index in [0.717, 1.165) is 25.9 Å². The molecule has 0 unspecified atom stereocenters. The summed E-state index contributed by atoms with van der Waals surface area (Å²) in [5.74, 6) is 0. The van der Waals surface area contributed by atoms with E-state index in [-0.39, 0.29) is 6.10 Å². The molecule has 1 saturated heterocycles. The van der Waals surface area contributed by atoms with Crippen LogP contribution >= 0.6 is 0 Å². The number of hydrogen-bond donors (Lipinski definition) is 2. The van der Waals surface area contributed by atoms with Crippen LogP contribution in [-0.2, 0) is 0 Å². The molecule has 1 fully saturated rings. The second-order valence-electron chi connectivity index (χ2n) is 5.03. The number of aliphatic hydroxyl groups excluding tert-OH is 1. The van der Waals surface area contributed by atoms with E-state index in [1.165, 1.54) is 11.4 Å². The first-order valence-corrected chi connectivity index (χ1v) is 6.45. The minimum absolute atomic E-state index is 0.114. The van der Waals surface area contributed by atoms with Crippen molar-refractivity contribution < 1.29 is 5.11 Å². The first kappa shape index (κ1) is 12.2. The number of aliphatic hydroxyl groups is 1. The van der Waals surface area contributed by atoms with Gasteiger partial charge in [-0.2, -0.15) is 0 Å². The Morgan fingerprint density at radius 3 is 2.53 bits per heavy atom. The Morgan fingerprint density at radius 2 is 1.88 bits per heavy atom. The Morgan fingerprint density at radius 1 is 1.24 bits per heavy atom. The van der Waals surface area contributed by atoms with Crippen molar-refractivity contribution in [3.8, 4) is 0 Å². The fraction of sp³-hybridized carbons (Fsp3) is 0.571. The normalized spacial score (nSPS) is 17.5. The zero-order chi connectivity index (χ0) is 12.3. The van der Waals surface area contributed by atoms with Crippen molar-refractivity contribution in [2.75, 3.05) is 23.3 Å². The Kier molecular flexibility index (Phi) is 3.89. The third-order valence-corrected chi connectivity index (χ3v) is 3.15. The van der Waals surface area contributed by atoms with E-state index >= 15 is 0 Å². The highest BCUT2D eigenvalue weighted by Gasteiger charge is 2.19. The van der Waals surface area contributed by atoms with Gasteiger partial charge in [0.1, 0.15) is 0 Å². The molecule has 3 nitrogen and oxygen atoms in total. The molecule has 1 heterocycles. The summed E-state index contributed by atoms with van der Waals surface area (Å²) < 4.78 is 0. The van der Waals surface area contributed by atoms with E-state index in [2.05, 4.69) is 48.3 Å². The van der Waals surface area contributed by atoms with Crippen LogP contribution in [-0.4, -0.2) is 30.3 Å². The van der Waals surface area contributed by atoms with Crippen LogP contribution in [0.15, 0.2) is 24.3 Å². The molecular formula is C14H22N2O. The average molecular weight is 234 g/mol. The lowest BCUT2D eigenvalue weighted by molar-refractivity contribution is 0.145. The number of hydrogen-bond acceptors (Lipinski definition) is 3. The summed E-state index contributed by atoms with van der Waals surface area (Å²) in [6.45, 7) is 6.18. The van der Waals surface area contributed by atoms with Gasteiger partial charge in [-0.05, 0) is 38.8 Å². The van der Waals surface area contributed by atoms with Crippen molar-refractivity contribution >= 4 is 11.4 Å². The van der Waals surface area contributed by atoms with Crippen molar-refractivity contribution in [1.82, 2.24) is 0 Å². The topological polar surface area (TPSA) is 35.5 Å². The summed E-state index contributed by atoms with van der Waals surface area (Å²) >= 11 is 0. The van der Waals surface area contributed by atoms with Crippen LogP contribution in [0.25, 0.3) is 0 Å². The van der Waals surface area contributed by atoms with Gasteiger partial charge in [0.2, 0.25) is 0 Å². The third-order valence-electron chi connectivity index (χ3n) is 3.15. The van der Waals surface area contributed by atoms with E-state index < -0.39 is 0 Å². The predicted octanol–water partition coefficient (Wildman–Crippen LogP) is 2.47. The molecule has 0 amide bonds. The lowest BCUT2D eigenvalue weighted by Crippen LogP contribution is -2.36. The Bertz CT molecular complexity index is 357. The Labute approximate surface area is 103 Å². The molecule has 2 rings (SSSR count). The molecule has 0 aromatic heterocycles. The average Bonchev–Trinajstić information content (AvgIpc) is 2.30. The summed E-state index contributed by atoms with van der Waals surface area (Å²) in [4.78, 5) is 2.36. The van der Waals surface area contributed by atoms with Gasteiger partial charge in [0.15, 0.2) is 0 Å². The maximum Gasteiger partial charge on any atom is 0.0602 e. The van der Waals surface area contributed by atoms with Crippen LogP contribution in [0.5, 0.6) is 0 Å². The van der Waals surface area contributed by atoms with Gasteiger partial charge in [0.05, 0.1) is 17.5 Å². The fourth-order valence-corrected chi connectivity index (χ4v) is 2.29. The zero-order valence-electron chi connectivity index (χ0n) is 10.7. The fourth-order valence-electron chi connectivity index (χ4n) is 2.29. The number of rotatable bonds is 3. The molecule has 1 aliphatic heterocycles. The minimum atomic E-state index is -0.114. The molecule has 0 saturated carbocycles. The zero-order valence-corrected chi connectivity index (χ0v) is 10.7. The molecule has 0 radical (unpaired) electrons. The van der Waals surface area contributed by atoms with Crippen LogP contribution in [0.2, 0.25) is 0 Å². The first-order valence-electron chi connectivity index (χ1n) is 6.45. The van der Waals surface area contributed by atoms with Gasteiger partial charge in [-0.25, -0.2) is 0 Å². The van der Waals surface area contributed by atoms with E-state index in [1.807, 2.05) is 0 Å². The van der Waals surface area contributed by atoms with Crippen LogP contribution in [0.3, 0.4) is 0 Å². The number of nitrogens with one attached hydrogen (secondary N) is 1. The molecule has 2 N–H and O–H groups in total. The lowest BCUT2D eigenvalue weighted by Gasteiger charge is -2.33. The standard InChI is InChI=1S/C14H22N2O/c1-11(2)15-13-5-3-4-6-14(13)16-9-7-12(17)8-10-16/h3-6,11-12,15,17H,7-10H2,1-2H3. The van der Waals surface area contributed by atoms with Gasteiger partial charge in [-0.15, -0.1) is 0 Å². The quantitative estimate of drug-likeness (QED) is 0.843. The highest BCUT2D eigenvalue weighted by molar-refractivity contribution is 5.70. The molecule has 1 aliphatic rings. The summed E-state index contributed by atoms with van der Waals surface area (Å²) in [5, 5.41) is 13.0. The molecule has 1 aromatic carbocycles. The molecule has 0 bridgehead atoms. The lowest BCUT2D eigenvalue weighted by atomic mass is 10.1. The Balaban J connectivity index is 2.14. The van der Waals surface area contributed by atoms with Gasteiger partial charge in [-0.3, -0.25) is 0 Å². The van der Waals surface area contributed by atoms with Gasteiger partial charge in [0, 0.05) is 19.1 Å². The smallest absolute Gasteiger partial charge is 0.0602 e. The maximum atomic E-state index is 9.55. The molecule has 0 aliphatic carbocycles. The van der Waals surface area contributed by atoms with E-state index in [4.69, 9.17) is 0 Å². The largest absolute Gasteiger partial charge is 0.393 e. The van der Waals surface area contributed by atoms with Crippen molar-refractivity contribution in [2.45, 2.75) is 38.8 Å². The molecule has 1 aromatic rings. The van der Waals surface area contributed by atoms with Crippen LogP contribution in [0.4, 0.5) is 11.4 Å². The Hall–Kier alpha value is -1.22. The van der Waals surface area contributed by atoms with Gasteiger partial charge >= 0.3 is 0 Å². The van der Waals surface area contributed by atoms with Gasteiger partial charge in [-0.1, -0.05) is 12.1 Å². The van der Waals surface area contributed by atoms with Crippen molar-refractivity contribution in [1.29, 1.82) is 0 Å². The maximum absolute atomic E-state index is 9.55.